The van der Waals surface area contributed by atoms with E-state index in [0.29, 0.717) is 11.5 Å². The molecule has 0 aliphatic carbocycles. The molecule has 6 heteroatoms. The number of rotatable bonds is 3. The van der Waals surface area contributed by atoms with Gasteiger partial charge in [0, 0.05) is 11.6 Å². The zero-order valence-electron chi connectivity index (χ0n) is 10.6. The van der Waals surface area contributed by atoms with Crippen LogP contribution < -0.4 is 0 Å². The van der Waals surface area contributed by atoms with Crippen molar-refractivity contribution >= 4 is 0 Å². The van der Waals surface area contributed by atoms with E-state index in [0.717, 1.165) is 5.56 Å². The Kier molecular flexibility index (Phi) is 3.54. The van der Waals surface area contributed by atoms with Gasteiger partial charge in [0.2, 0.25) is 0 Å². The normalized spacial score (nSPS) is 29.8. The Hall–Kier alpha value is -1.73. The maximum atomic E-state index is 9.92. The Labute approximate surface area is 115 Å². The average molecular weight is 277 g/mol. The Balaban J connectivity index is 1.84. The topological polar surface area (TPSA) is 96.0 Å². The summed E-state index contributed by atoms with van der Waals surface area (Å²) in [6.45, 7) is -0.367. The molecule has 2 heterocycles. The Bertz CT molecular complexity index is 570. The van der Waals surface area contributed by atoms with Crippen LogP contribution in [0.3, 0.4) is 0 Å². The molecule has 1 saturated heterocycles. The molecule has 0 bridgehead atoms. The lowest BCUT2D eigenvalue weighted by Gasteiger charge is -2.10. The molecule has 1 aromatic heterocycles. The Morgan fingerprint density at radius 1 is 1.10 bits per heavy atom. The van der Waals surface area contributed by atoms with E-state index in [-0.39, 0.29) is 6.61 Å². The van der Waals surface area contributed by atoms with Crippen LogP contribution in [-0.4, -0.2) is 45.4 Å². The first-order valence-electron chi connectivity index (χ1n) is 6.35. The number of aliphatic hydroxyl groups is 3. The highest BCUT2D eigenvalue weighted by Gasteiger charge is 2.44. The smallest absolute Gasteiger partial charge is 0.168 e. The molecule has 1 aliphatic heterocycles. The third-order valence-corrected chi connectivity index (χ3v) is 3.42. The predicted molar refractivity (Wildman–Crippen MR) is 68.7 cm³/mol. The van der Waals surface area contributed by atoms with E-state index in [1.54, 1.807) is 6.07 Å². The van der Waals surface area contributed by atoms with Crippen molar-refractivity contribution in [3.8, 4) is 11.3 Å². The second kappa shape index (κ2) is 5.34. The van der Waals surface area contributed by atoms with E-state index in [1.165, 1.54) is 0 Å². The average Bonchev–Trinajstić information content (AvgIpc) is 3.07. The van der Waals surface area contributed by atoms with Gasteiger partial charge in [-0.15, -0.1) is 0 Å². The molecule has 1 fully saturated rings. The lowest BCUT2D eigenvalue weighted by Crippen LogP contribution is -2.32. The molecule has 3 rings (SSSR count). The van der Waals surface area contributed by atoms with E-state index in [9.17, 15) is 10.2 Å². The largest absolute Gasteiger partial charge is 0.394 e. The molecule has 0 amide bonds. The summed E-state index contributed by atoms with van der Waals surface area (Å²) in [5.41, 5.74) is 1.51. The second-order valence-electron chi connectivity index (χ2n) is 4.74. The molecule has 0 saturated carbocycles. The van der Waals surface area contributed by atoms with Gasteiger partial charge in [-0.25, -0.2) is 0 Å². The molecule has 4 atom stereocenters. The highest BCUT2D eigenvalue weighted by Crippen LogP contribution is 2.35. The van der Waals surface area contributed by atoms with Gasteiger partial charge in [0.25, 0.3) is 0 Å². The lowest BCUT2D eigenvalue weighted by molar-refractivity contribution is -0.0306. The monoisotopic (exact) mass is 277 g/mol. The zero-order valence-corrected chi connectivity index (χ0v) is 10.6. The van der Waals surface area contributed by atoms with Crippen LogP contribution in [0.15, 0.2) is 40.9 Å². The maximum Gasteiger partial charge on any atom is 0.168 e. The van der Waals surface area contributed by atoms with Gasteiger partial charge in [-0.05, 0) is 0 Å². The van der Waals surface area contributed by atoms with Gasteiger partial charge in [0.1, 0.15) is 30.1 Å². The second-order valence-corrected chi connectivity index (χ2v) is 4.74. The van der Waals surface area contributed by atoms with Crippen molar-refractivity contribution in [2.45, 2.75) is 24.4 Å². The number of hydrogen-bond donors (Lipinski definition) is 3. The number of nitrogens with zero attached hydrogens (tertiary/aromatic N) is 1. The summed E-state index contributed by atoms with van der Waals surface area (Å²) in [5.74, 6) is 0.325. The minimum Gasteiger partial charge on any atom is -0.394 e. The Morgan fingerprint density at radius 2 is 1.85 bits per heavy atom. The van der Waals surface area contributed by atoms with Crippen LogP contribution in [0.25, 0.3) is 11.3 Å². The number of benzene rings is 1. The molecule has 106 valence electrons. The van der Waals surface area contributed by atoms with Crippen molar-refractivity contribution in [1.29, 1.82) is 0 Å². The van der Waals surface area contributed by atoms with Gasteiger partial charge < -0.3 is 24.6 Å². The summed E-state index contributed by atoms with van der Waals surface area (Å²) in [6, 6.07) is 11.1. The molecule has 0 radical (unpaired) electrons. The molecule has 1 aliphatic rings. The SMILES string of the molecule is OC[C@H]1O[C@H](c2cc(-c3ccccc3)no2)[C@@H](O)[C@@H]1O. The molecule has 0 spiro atoms. The predicted octanol–water partition coefficient (Wildman–Crippen LogP) is 0.496. The molecule has 20 heavy (non-hydrogen) atoms. The number of ether oxygens (including phenoxy) is 1. The molecular formula is C14H15NO5. The van der Waals surface area contributed by atoms with Crippen LogP contribution in [0.4, 0.5) is 0 Å². The third kappa shape index (κ3) is 2.23. The van der Waals surface area contributed by atoms with Crippen LogP contribution in [-0.2, 0) is 4.74 Å². The summed E-state index contributed by atoms with van der Waals surface area (Å²) in [4.78, 5) is 0. The standard InChI is InChI=1S/C14H15NO5/c16-7-11-12(17)13(18)14(19-11)10-6-9(15-20-10)8-4-2-1-3-5-8/h1-6,11-14,16-18H,7H2/t11-,12-,13+,14-/m1/s1. The molecular weight excluding hydrogens is 262 g/mol. The molecule has 0 unspecified atom stereocenters. The van der Waals surface area contributed by atoms with Crippen molar-refractivity contribution in [3.63, 3.8) is 0 Å². The molecule has 1 aromatic carbocycles. The highest BCUT2D eigenvalue weighted by molar-refractivity contribution is 5.58. The molecule has 3 N–H and O–H groups in total. The first-order valence-corrected chi connectivity index (χ1v) is 6.35. The van der Waals surface area contributed by atoms with Gasteiger partial charge in [-0.2, -0.15) is 0 Å². The van der Waals surface area contributed by atoms with E-state index in [4.69, 9.17) is 14.4 Å². The van der Waals surface area contributed by atoms with Crippen molar-refractivity contribution in [1.82, 2.24) is 5.16 Å². The van der Waals surface area contributed by atoms with Crippen LogP contribution in [0.2, 0.25) is 0 Å². The van der Waals surface area contributed by atoms with Gasteiger partial charge in [-0.3, -0.25) is 0 Å². The Morgan fingerprint density at radius 3 is 2.50 bits per heavy atom. The van der Waals surface area contributed by atoms with Crippen molar-refractivity contribution < 1.29 is 24.6 Å². The summed E-state index contributed by atoms with van der Waals surface area (Å²) in [7, 11) is 0. The van der Waals surface area contributed by atoms with Crippen LogP contribution in [0.1, 0.15) is 11.9 Å². The lowest BCUT2D eigenvalue weighted by atomic mass is 10.1. The van der Waals surface area contributed by atoms with E-state index >= 15 is 0 Å². The minimum atomic E-state index is -1.15. The van der Waals surface area contributed by atoms with Crippen molar-refractivity contribution in [3.05, 3.63) is 42.2 Å². The summed E-state index contributed by atoms with van der Waals surface area (Å²) in [5, 5.41) is 32.6. The first kappa shape index (κ1) is 13.3. The van der Waals surface area contributed by atoms with Gasteiger partial charge in [0.05, 0.1) is 6.61 Å². The first-order chi connectivity index (χ1) is 9.70. The quantitative estimate of drug-likeness (QED) is 0.756. The highest BCUT2D eigenvalue weighted by atomic mass is 16.6. The summed E-state index contributed by atoms with van der Waals surface area (Å²) < 4.78 is 10.6. The van der Waals surface area contributed by atoms with Gasteiger partial charge >= 0.3 is 0 Å². The third-order valence-electron chi connectivity index (χ3n) is 3.42. The zero-order chi connectivity index (χ0) is 14.1. The van der Waals surface area contributed by atoms with Crippen molar-refractivity contribution in [2.75, 3.05) is 6.61 Å². The van der Waals surface area contributed by atoms with Crippen molar-refractivity contribution in [2.24, 2.45) is 0 Å². The number of hydrogen-bond acceptors (Lipinski definition) is 6. The van der Waals surface area contributed by atoms with E-state index in [2.05, 4.69) is 5.16 Å². The molecule has 6 nitrogen and oxygen atoms in total. The minimum absolute atomic E-state index is 0.325. The number of aromatic nitrogens is 1. The van der Waals surface area contributed by atoms with E-state index in [1.807, 2.05) is 30.3 Å². The van der Waals surface area contributed by atoms with Gasteiger partial charge in [0.15, 0.2) is 5.76 Å². The number of aliphatic hydroxyl groups excluding tert-OH is 3. The van der Waals surface area contributed by atoms with E-state index < -0.39 is 24.4 Å². The van der Waals surface area contributed by atoms with Gasteiger partial charge in [-0.1, -0.05) is 35.5 Å². The fraction of sp³-hybridized carbons (Fsp3) is 0.357. The maximum absolute atomic E-state index is 9.92. The summed E-state index contributed by atoms with van der Waals surface area (Å²) >= 11 is 0. The fourth-order valence-electron chi connectivity index (χ4n) is 2.30. The molecule has 2 aromatic rings. The summed E-state index contributed by atoms with van der Waals surface area (Å²) in [6.07, 6.45) is -3.94. The van der Waals surface area contributed by atoms with Crippen LogP contribution in [0.5, 0.6) is 0 Å². The van der Waals surface area contributed by atoms with Crippen LogP contribution in [0, 0.1) is 0 Å². The van der Waals surface area contributed by atoms with Crippen LogP contribution >= 0.6 is 0 Å². The fourth-order valence-corrected chi connectivity index (χ4v) is 2.30.